The number of carbonyl (C=O) groups excluding carboxylic acids is 1. The second-order valence-electron chi connectivity index (χ2n) is 6.48. The first-order chi connectivity index (χ1) is 13.5. The Hall–Kier alpha value is -2.36. The maximum absolute atomic E-state index is 12.9. The Morgan fingerprint density at radius 2 is 1.76 bits per heavy atom. The van der Waals surface area contributed by atoms with Crippen LogP contribution in [0.15, 0.2) is 53.4 Å². The molecule has 2 aromatic rings. The van der Waals surface area contributed by atoms with Gasteiger partial charge in [-0.2, -0.15) is 13.2 Å². The molecule has 0 spiro atoms. The van der Waals surface area contributed by atoms with Gasteiger partial charge in [0, 0.05) is 17.8 Å². The van der Waals surface area contributed by atoms with Crippen LogP contribution in [0.2, 0.25) is 5.02 Å². The van der Waals surface area contributed by atoms with Gasteiger partial charge in [0.2, 0.25) is 15.9 Å². The highest BCUT2D eigenvalue weighted by atomic mass is 35.5. The van der Waals surface area contributed by atoms with Crippen LogP contribution >= 0.6 is 11.6 Å². The molecule has 10 heteroatoms. The van der Waals surface area contributed by atoms with Gasteiger partial charge in [0.1, 0.15) is 0 Å². The molecule has 1 aliphatic rings. The van der Waals surface area contributed by atoms with Gasteiger partial charge in [-0.25, -0.2) is 13.1 Å². The second-order valence-corrected chi connectivity index (χ2v) is 8.60. The molecule has 29 heavy (non-hydrogen) atoms. The van der Waals surface area contributed by atoms with E-state index in [0.717, 1.165) is 31.1 Å². The third kappa shape index (κ3) is 5.81. The van der Waals surface area contributed by atoms with Gasteiger partial charge < -0.3 is 5.32 Å². The number of rotatable bonds is 6. The summed E-state index contributed by atoms with van der Waals surface area (Å²) < 4.78 is 65.4. The first-order valence-corrected chi connectivity index (χ1v) is 10.4. The van der Waals surface area contributed by atoms with Crippen molar-refractivity contribution < 1.29 is 26.4 Å². The Balaban J connectivity index is 1.65. The maximum Gasteiger partial charge on any atom is 0.417 e. The first-order valence-electron chi connectivity index (χ1n) is 8.53. The number of anilines is 1. The molecule has 0 atom stereocenters. The lowest BCUT2D eigenvalue weighted by atomic mass is 10.2. The molecule has 0 bridgehead atoms. The third-order valence-electron chi connectivity index (χ3n) is 4.06. The third-order valence-corrected chi connectivity index (χ3v) is 5.92. The Morgan fingerprint density at radius 1 is 1.10 bits per heavy atom. The lowest BCUT2D eigenvalue weighted by Crippen LogP contribution is -2.25. The SMILES string of the molecule is O=C(/C=C/c1ccc(S(=O)(=O)NC2CC2)cc1)Nc1ccc(Cl)c(C(F)(F)F)c1. The van der Waals surface area contributed by atoms with E-state index >= 15 is 0 Å². The normalized spacial score (nSPS) is 14.9. The van der Waals surface area contributed by atoms with E-state index in [-0.39, 0.29) is 16.6 Å². The fourth-order valence-corrected chi connectivity index (χ4v) is 3.95. The number of sulfonamides is 1. The lowest BCUT2D eigenvalue weighted by Gasteiger charge is -2.11. The van der Waals surface area contributed by atoms with Gasteiger partial charge in [-0.15, -0.1) is 0 Å². The van der Waals surface area contributed by atoms with Crippen molar-refractivity contribution in [3.63, 3.8) is 0 Å². The maximum atomic E-state index is 12.9. The lowest BCUT2D eigenvalue weighted by molar-refractivity contribution is -0.137. The number of nitrogens with one attached hydrogen (secondary N) is 2. The van der Waals surface area contributed by atoms with E-state index in [0.29, 0.717) is 5.56 Å². The van der Waals surface area contributed by atoms with Crippen LogP contribution in [-0.4, -0.2) is 20.4 Å². The van der Waals surface area contributed by atoms with E-state index in [1.54, 1.807) is 0 Å². The molecule has 1 saturated carbocycles. The molecule has 154 valence electrons. The van der Waals surface area contributed by atoms with Crippen molar-refractivity contribution in [2.75, 3.05) is 5.32 Å². The van der Waals surface area contributed by atoms with Crippen LogP contribution in [0.1, 0.15) is 24.0 Å². The van der Waals surface area contributed by atoms with Gasteiger partial charge >= 0.3 is 6.18 Å². The second kappa shape index (κ2) is 8.17. The highest BCUT2D eigenvalue weighted by Gasteiger charge is 2.33. The van der Waals surface area contributed by atoms with E-state index in [9.17, 15) is 26.4 Å². The van der Waals surface area contributed by atoms with Gasteiger partial charge in [-0.3, -0.25) is 4.79 Å². The molecule has 0 aromatic heterocycles. The van der Waals surface area contributed by atoms with Crippen LogP contribution in [-0.2, 0) is 21.0 Å². The van der Waals surface area contributed by atoms with E-state index in [1.165, 1.54) is 36.4 Å². The van der Waals surface area contributed by atoms with E-state index in [4.69, 9.17) is 11.6 Å². The predicted molar refractivity (Wildman–Crippen MR) is 104 cm³/mol. The topological polar surface area (TPSA) is 75.3 Å². The summed E-state index contributed by atoms with van der Waals surface area (Å²) in [5.74, 6) is -0.646. The average Bonchev–Trinajstić information content (AvgIpc) is 3.44. The Morgan fingerprint density at radius 3 is 2.34 bits per heavy atom. The van der Waals surface area contributed by atoms with Gasteiger partial charge in [0.25, 0.3) is 0 Å². The molecule has 5 nitrogen and oxygen atoms in total. The van der Waals surface area contributed by atoms with Gasteiger partial charge in [0.15, 0.2) is 0 Å². The number of alkyl halides is 3. The van der Waals surface area contributed by atoms with E-state index in [1.807, 2.05) is 0 Å². The first kappa shape index (κ1) is 21.4. The van der Waals surface area contributed by atoms with Crippen LogP contribution < -0.4 is 10.0 Å². The molecular formula is C19H16ClF3N2O3S. The minimum atomic E-state index is -4.63. The monoisotopic (exact) mass is 444 g/mol. The van der Waals surface area contributed by atoms with Crippen LogP contribution in [0, 0.1) is 0 Å². The van der Waals surface area contributed by atoms with Gasteiger partial charge in [-0.1, -0.05) is 23.7 Å². The van der Waals surface area contributed by atoms with Gasteiger partial charge in [0.05, 0.1) is 15.5 Å². The van der Waals surface area contributed by atoms with Crippen molar-refractivity contribution in [2.45, 2.75) is 30.0 Å². The highest BCUT2D eigenvalue weighted by Crippen LogP contribution is 2.36. The van der Waals surface area contributed by atoms with Crippen LogP contribution in [0.25, 0.3) is 6.08 Å². The van der Waals surface area contributed by atoms with E-state index < -0.39 is 32.7 Å². The fourth-order valence-electron chi connectivity index (χ4n) is 2.42. The quantitative estimate of drug-likeness (QED) is 0.646. The Bertz CT molecular complexity index is 1050. The molecule has 1 aliphatic carbocycles. The number of halogens is 4. The molecule has 2 aromatic carbocycles. The Kier molecular flexibility index (Phi) is 6.02. The van der Waals surface area contributed by atoms with Gasteiger partial charge in [-0.05, 0) is 54.8 Å². The summed E-state index contributed by atoms with van der Waals surface area (Å²) in [5, 5.41) is 1.86. The highest BCUT2D eigenvalue weighted by molar-refractivity contribution is 7.89. The molecule has 1 fully saturated rings. The smallest absolute Gasteiger partial charge is 0.322 e. The van der Waals surface area contributed by atoms with Crippen molar-refractivity contribution in [1.29, 1.82) is 0 Å². The summed E-state index contributed by atoms with van der Waals surface area (Å²) in [4.78, 5) is 12.1. The summed E-state index contributed by atoms with van der Waals surface area (Å²) in [6.07, 6.45) is -0.431. The molecule has 0 aliphatic heterocycles. The summed E-state index contributed by atoms with van der Waals surface area (Å²) >= 11 is 5.54. The summed E-state index contributed by atoms with van der Waals surface area (Å²) in [6, 6.07) is 8.93. The molecule has 2 N–H and O–H groups in total. The Labute approximate surface area is 170 Å². The van der Waals surface area contributed by atoms with Crippen LogP contribution in [0.4, 0.5) is 18.9 Å². The van der Waals surface area contributed by atoms with Crippen molar-refractivity contribution in [3.05, 3.63) is 64.7 Å². The van der Waals surface area contributed by atoms with Crippen molar-refractivity contribution in [2.24, 2.45) is 0 Å². The summed E-state index contributed by atoms with van der Waals surface area (Å²) in [5.41, 5.74) is -0.542. The molecule has 1 amide bonds. The summed E-state index contributed by atoms with van der Waals surface area (Å²) in [7, 11) is -3.56. The zero-order chi connectivity index (χ0) is 21.2. The predicted octanol–water partition coefficient (Wildman–Crippen LogP) is 4.45. The number of carbonyl (C=O) groups is 1. The fraction of sp³-hybridized carbons (Fsp3) is 0.211. The van der Waals surface area contributed by atoms with Crippen molar-refractivity contribution in [1.82, 2.24) is 4.72 Å². The summed E-state index contributed by atoms with van der Waals surface area (Å²) in [6.45, 7) is 0. The number of hydrogen-bond acceptors (Lipinski definition) is 3. The molecule has 0 heterocycles. The molecule has 0 saturated heterocycles. The number of benzene rings is 2. The standard InChI is InChI=1S/C19H16ClF3N2O3S/c20-17-9-6-14(11-16(17)19(21,22)23)24-18(26)10-3-12-1-7-15(8-2-12)29(27,28)25-13-4-5-13/h1-3,6-11,13,25H,4-5H2,(H,24,26)/b10-3+. The molecule has 3 rings (SSSR count). The minimum absolute atomic E-state index is 0.00556. The molecule has 0 unspecified atom stereocenters. The minimum Gasteiger partial charge on any atom is -0.322 e. The van der Waals surface area contributed by atoms with Crippen molar-refractivity contribution in [3.8, 4) is 0 Å². The van der Waals surface area contributed by atoms with Crippen LogP contribution in [0.5, 0.6) is 0 Å². The number of amides is 1. The molecular weight excluding hydrogens is 429 g/mol. The largest absolute Gasteiger partial charge is 0.417 e. The molecule has 0 radical (unpaired) electrons. The average molecular weight is 445 g/mol. The van der Waals surface area contributed by atoms with Crippen molar-refractivity contribution >= 4 is 39.3 Å². The zero-order valence-corrected chi connectivity index (χ0v) is 16.4. The zero-order valence-electron chi connectivity index (χ0n) is 14.8. The van der Waals surface area contributed by atoms with Crippen LogP contribution in [0.3, 0.4) is 0 Å². The number of hydrogen-bond donors (Lipinski definition) is 2. The van der Waals surface area contributed by atoms with E-state index in [2.05, 4.69) is 10.0 Å².